The second kappa shape index (κ2) is 15.3. The van der Waals surface area contributed by atoms with E-state index in [1.807, 2.05) is 6.92 Å². The number of hydrogen-bond donors (Lipinski definition) is 2. The highest BCUT2D eigenvalue weighted by Crippen LogP contribution is 2.35. The van der Waals surface area contributed by atoms with Crippen molar-refractivity contribution in [3.05, 3.63) is 75.8 Å². The Hall–Kier alpha value is -4.74. The van der Waals surface area contributed by atoms with Gasteiger partial charge in [0, 0.05) is 11.8 Å². The molecule has 1 aliphatic heterocycles. The van der Waals surface area contributed by atoms with Crippen LogP contribution in [-0.4, -0.2) is 50.2 Å². The zero-order chi connectivity index (χ0) is 32.5. The number of nitrogens with one attached hydrogen (secondary N) is 2. The monoisotopic (exact) mass is 655 g/mol. The first-order chi connectivity index (χ1) is 21.6. The topological polar surface area (TPSA) is 132 Å². The third kappa shape index (κ3) is 8.25. The molecule has 236 valence electrons. The number of rotatable bonds is 13. The molecule has 1 fully saturated rings. The maximum absolute atomic E-state index is 13.5. The van der Waals surface area contributed by atoms with Crippen LogP contribution in [0.4, 0.5) is 16.2 Å². The summed E-state index contributed by atoms with van der Waals surface area (Å²) < 4.78 is 22.7. The van der Waals surface area contributed by atoms with E-state index in [-0.39, 0.29) is 36.0 Å². The summed E-state index contributed by atoms with van der Waals surface area (Å²) in [6, 6.07) is 13.1. The number of amides is 5. The molecule has 1 aliphatic rings. The standard InChI is InChI=1S/C32H31Cl2N3O8/c1-4-13-44-25-12-9-21(17-28(25)43-6-3)37-31(40)22(30(39)36-32(37)41)14-19-7-11-26(27(15-19)42-5-2)45-18-29(38)35-20-8-10-23(33)24(34)16-20/h7-12,14-17H,4-6,13,18H2,1-3H3,(H,35,38)(H,36,39,41)/b22-14+. The summed E-state index contributed by atoms with van der Waals surface area (Å²) in [5.41, 5.74) is 0.775. The number of nitrogens with zero attached hydrogens (tertiary/aromatic N) is 1. The third-order valence-corrected chi connectivity index (χ3v) is 6.93. The fraction of sp³-hybridized carbons (Fsp3) is 0.250. The van der Waals surface area contributed by atoms with Crippen molar-refractivity contribution in [2.75, 3.05) is 36.6 Å². The molecule has 11 nitrogen and oxygen atoms in total. The quantitative estimate of drug-likeness (QED) is 0.163. The molecule has 0 saturated carbocycles. The first-order valence-electron chi connectivity index (χ1n) is 14.1. The van der Waals surface area contributed by atoms with Crippen molar-refractivity contribution >= 4 is 64.4 Å². The summed E-state index contributed by atoms with van der Waals surface area (Å²) in [5, 5.41) is 5.53. The first-order valence-corrected chi connectivity index (χ1v) is 14.9. The number of imide groups is 2. The van der Waals surface area contributed by atoms with Crippen LogP contribution in [0.1, 0.15) is 32.8 Å². The Morgan fingerprint density at radius 1 is 0.822 bits per heavy atom. The van der Waals surface area contributed by atoms with Crippen LogP contribution in [0.25, 0.3) is 6.08 Å². The molecule has 45 heavy (non-hydrogen) atoms. The van der Waals surface area contributed by atoms with Gasteiger partial charge in [-0.15, -0.1) is 0 Å². The molecule has 5 amide bonds. The molecular formula is C32H31Cl2N3O8. The van der Waals surface area contributed by atoms with Crippen molar-refractivity contribution < 1.29 is 38.1 Å². The van der Waals surface area contributed by atoms with E-state index < -0.39 is 23.8 Å². The van der Waals surface area contributed by atoms with Crippen LogP contribution in [0.2, 0.25) is 10.0 Å². The Balaban J connectivity index is 1.54. The van der Waals surface area contributed by atoms with E-state index in [0.717, 1.165) is 11.3 Å². The van der Waals surface area contributed by atoms with Crippen LogP contribution < -0.4 is 34.5 Å². The van der Waals surface area contributed by atoms with Crippen molar-refractivity contribution in [2.45, 2.75) is 27.2 Å². The molecule has 1 heterocycles. The van der Waals surface area contributed by atoms with Gasteiger partial charge in [0.25, 0.3) is 17.7 Å². The number of ether oxygens (including phenoxy) is 4. The number of carbonyl (C=O) groups excluding carboxylic acids is 4. The predicted molar refractivity (Wildman–Crippen MR) is 171 cm³/mol. The Labute approximate surface area is 270 Å². The highest BCUT2D eigenvalue weighted by Gasteiger charge is 2.37. The van der Waals surface area contributed by atoms with Crippen LogP contribution in [0.3, 0.4) is 0 Å². The van der Waals surface area contributed by atoms with Gasteiger partial charge >= 0.3 is 6.03 Å². The molecule has 13 heteroatoms. The average molecular weight is 657 g/mol. The summed E-state index contributed by atoms with van der Waals surface area (Å²) in [6.45, 7) is 6.26. The van der Waals surface area contributed by atoms with E-state index in [1.54, 1.807) is 50.2 Å². The van der Waals surface area contributed by atoms with Gasteiger partial charge in [-0.05, 0) is 74.4 Å². The molecule has 0 aliphatic carbocycles. The summed E-state index contributed by atoms with van der Waals surface area (Å²) in [4.78, 5) is 52.4. The van der Waals surface area contributed by atoms with Crippen molar-refractivity contribution in [1.29, 1.82) is 0 Å². The summed E-state index contributed by atoms with van der Waals surface area (Å²) in [7, 11) is 0. The Morgan fingerprint density at radius 3 is 2.20 bits per heavy atom. The lowest BCUT2D eigenvalue weighted by molar-refractivity contribution is -0.122. The van der Waals surface area contributed by atoms with Gasteiger partial charge in [0.15, 0.2) is 29.6 Å². The van der Waals surface area contributed by atoms with Gasteiger partial charge in [-0.2, -0.15) is 0 Å². The molecule has 3 aromatic rings. The van der Waals surface area contributed by atoms with Crippen molar-refractivity contribution in [1.82, 2.24) is 5.32 Å². The maximum Gasteiger partial charge on any atom is 0.335 e. The van der Waals surface area contributed by atoms with E-state index in [9.17, 15) is 19.2 Å². The summed E-state index contributed by atoms with van der Waals surface area (Å²) in [6.07, 6.45) is 2.12. The first kappa shape index (κ1) is 33.2. The summed E-state index contributed by atoms with van der Waals surface area (Å²) in [5.74, 6) is -0.778. The fourth-order valence-electron chi connectivity index (χ4n) is 4.21. The van der Waals surface area contributed by atoms with Crippen LogP contribution >= 0.6 is 23.2 Å². The molecule has 0 spiro atoms. The molecule has 1 saturated heterocycles. The normalized spacial score (nSPS) is 13.8. The lowest BCUT2D eigenvalue weighted by Crippen LogP contribution is -2.54. The zero-order valence-electron chi connectivity index (χ0n) is 24.8. The number of barbiturate groups is 1. The highest BCUT2D eigenvalue weighted by molar-refractivity contribution is 6.42. The molecular weight excluding hydrogens is 625 g/mol. The Kier molecular flexibility index (Phi) is 11.3. The highest BCUT2D eigenvalue weighted by atomic mass is 35.5. The van der Waals surface area contributed by atoms with Crippen molar-refractivity contribution in [2.24, 2.45) is 0 Å². The smallest absolute Gasteiger partial charge is 0.335 e. The number of urea groups is 1. The van der Waals surface area contributed by atoms with Crippen LogP contribution in [-0.2, 0) is 14.4 Å². The molecule has 4 rings (SSSR count). The minimum Gasteiger partial charge on any atom is -0.490 e. The second-order valence-electron chi connectivity index (χ2n) is 9.48. The van der Waals surface area contributed by atoms with Gasteiger partial charge in [0.1, 0.15) is 5.57 Å². The number of carbonyl (C=O) groups is 4. The number of benzene rings is 3. The average Bonchev–Trinajstić information content (AvgIpc) is 3.00. The Morgan fingerprint density at radius 2 is 1.51 bits per heavy atom. The molecule has 0 bridgehead atoms. The molecule has 0 radical (unpaired) electrons. The lowest BCUT2D eigenvalue weighted by Gasteiger charge is -2.27. The van der Waals surface area contributed by atoms with E-state index in [2.05, 4.69) is 10.6 Å². The van der Waals surface area contributed by atoms with Crippen molar-refractivity contribution in [3.8, 4) is 23.0 Å². The fourth-order valence-corrected chi connectivity index (χ4v) is 4.51. The van der Waals surface area contributed by atoms with Gasteiger partial charge in [0.05, 0.1) is 35.6 Å². The van der Waals surface area contributed by atoms with Gasteiger partial charge in [-0.3, -0.25) is 19.7 Å². The lowest BCUT2D eigenvalue weighted by atomic mass is 10.1. The summed E-state index contributed by atoms with van der Waals surface area (Å²) >= 11 is 11.9. The molecule has 0 unspecified atom stereocenters. The zero-order valence-corrected chi connectivity index (χ0v) is 26.3. The van der Waals surface area contributed by atoms with E-state index in [1.165, 1.54) is 24.3 Å². The van der Waals surface area contributed by atoms with Gasteiger partial charge in [-0.1, -0.05) is 36.2 Å². The largest absolute Gasteiger partial charge is 0.490 e. The van der Waals surface area contributed by atoms with E-state index in [4.69, 9.17) is 42.1 Å². The van der Waals surface area contributed by atoms with Gasteiger partial charge in [0.2, 0.25) is 0 Å². The molecule has 3 aromatic carbocycles. The number of anilines is 2. The maximum atomic E-state index is 13.5. The Bertz CT molecular complexity index is 1640. The number of hydrogen-bond acceptors (Lipinski definition) is 8. The molecule has 2 N–H and O–H groups in total. The van der Waals surface area contributed by atoms with Gasteiger partial charge in [-0.25, -0.2) is 9.69 Å². The van der Waals surface area contributed by atoms with Crippen molar-refractivity contribution in [3.63, 3.8) is 0 Å². The molecule has 0 atom stereocenters. The minimum absolute atomic E-state index is 0.195. The minimum atomic E-state index is -0.898. The second-order valence-corrected chi connectivity index (χ2v) is 10.3. The SMILES string of the molecule is CCCOc1ccc(N2C(=O)NC(=O)/C(=C\c3ccc(OCC(=O)Nc4ccc(Cl)c(Cl)c4)c(OCC)c3)C2=O)cc1OCC. The van der Waals surface area contributed by atoms with E-state index >= 15 is 0 Å². The van der Waals surface area contributed by atoms with Crippen LogP contribution in [0.15, 0.2) is 60.2 Å². The van der Waals surface area contributed by atoms with Crippen LogP contribution in [0.5, 0.6) is 23.0 Å². The van der Waals surface area contributed by atoms with E-state index in [0.29, 0.717) is 46.0 Å². The predicted octanol–water partition coefficient (Wildman–Crippen LogP) is 6.26. The third-order valence-electron chi connectivity index (χ3n) is 6.19. The molecule has 0 aromatic heterocycles. The van der Waals surface area contributed by atoms with Crippen LogP contribution in [0, 0.1) is 0 Å². The number of halogens is 2. The van der Waals surface area contributed by atoms with Gasteiger partial charge < -0.3 is 24.3 Å².